The van der Waals surface area contributed by atoms with Crippen LogP contribution in [-0.2, 0) is 0 Å². The number of rotatable bonds is 3. The molecule has 56 valence electrons. The van der Waals surface area contributed by atoms with Gasteiger partial charge in [0, 0.05) is 6.42 Å². The lowest BCUT2D eigenvalue weighted by Gasteiger charge is -2.24. The average Bonchev–Trinajstić information content (AvgIpc) is 1.63. The van der Waals surface area contributed by atoms with E-state index in [1.54, 1.807) is 0 Å². The monoisotopic (exact) mass is 132 g/mol. The van der Waals surface area contributed by atoms with Crippen molar-refractivity contribution in [2.24, 2.45) is 22.9 Å². The first-order chi connectivity index (χ1) is 3.98. The minimum atomic E-state index is -0.686. The van der Waals surface area contributed by atoms with Gasteiger partial charge in [-0.05, 0) is 6.42 Å². The summed E-state index contributed by atoms with van der Waals surface area (Å²) in [5.74, 6) is 0. The van der Waals surface area contributed by atoms with E-state index in [1.165, 1.54) is 0 Å². The summed E-state index contributed by atoms with van der Waals surface area (Å²) >= 11 is 0. The molecular weight excluding hydrogens is 116 g/mol. The van der Waals surface area contributed by atoms with E-state index in [1.807, 2.05) is 6.92 Å². The molecule has 4 heteroatoms. The molecule has 0 aromatic rings. The Kier molecular flexibility index (Phi) is 3.07. The van der Waals surface area contributed by atoms with Crippen LogP contribution in [0.2, 0.25) is 0 Å². The Morgan fingerprint density at radius 3 is 1.89 bits per heavy atom. The molecule has 0 aliphatic carbocycles. The lowest BCUT2D eigenvalue weighted by molar-refractivity contribution is 0.362. The lowest BCUT2D eigenvalue weighted by atomic mass is 10.0. The predicted octanol–water partition coefficient (Wildman–Crippen LogP) is -1.36. The molecule has 8 N–H and O–H groups in total. The van der Waals surface area contributed by atoms with Gasteiger partial charge in [-0.3, -0.25) is 0 Å². The van der Waals surface area contributed by atoms with Gasteiger partial charge in [-0.25, -0.2) is 0 Å². The van der Waals surface area contributed by atoms with E-state index in [2.05, 4.69) is 0 Å². The highest BCUT2D eigenvalue weighted by Gasteiger charge is 2.17. The maximum absolute atomic E-state index is 5.53. The van der Waals surface area contributed by atoms with Crippen LogP contribution in [0.3, 0.4) is 0 Å². The van der Waals surface area contributed by atoms with Gasteiger partial charge in [0.2, 0.25) is 0 Å². The van der Waals surface area contributed by atoms with Crippen molar-refractivity contribution in [1.82, 2.24) is 0 Å². The van der Waals surface area contributed by atoms with Crippen LogP contribution in [0.15, 0.2) is 0 Å². The molecule has 0 spiro atoms. The second kappa shape index (κ2) is 3.12. The maximum atomic E-state index is 5.53. The topological polar surface area (TPSA) is 104 Å². The first kappa shape index (κ1) is 8.84. The fourth-order valence-electron chi connectivity index (χ4n) is 0.583. The molecule has 0 saturated heterocycles. The third-order valence-corrected chi connectivity index (χ3v) is 1.27. The molecule has 9 heavy (non-hydrogen) atoms. The molecule has 0 aliphatic heterocycles. The molecule has 0 aromatic heterocycles. The largest absolute Gasteiger partial charge is 0.316 e. The van der Waals surface area contributed by atoms with Crippen LogP contribution in [0, 0.1) is 0 Å². The summed E-state index contributed by atoms with van der Waals surface area (Å²) in [5, 5.41) is 0. The van der Waals surface area contributed by atoms with Crippen molar-refractivity contribution in [3.63, 3.8) is 0 Å². The zero-order chi connectivity index (χ0) is 7.49. The van der Waals surface area contributed by atoms with E-state index < -0.39 is 11.8 Å². The molecular formula is C5H16N4. The Bertz CT molecular complexity index is 79.0. The van der Waals surface area contributed by atoms with Gasteiger partial charge in [-0.2, -0.15) is 0 Å². The van der Waals surface area contributed by atoms with Crippen LogP contribution in [-0.4, -0.2) is 11.8 Å². The maximum Gasteiger partial charge on any atom is 0.0661 e. The Morgan fingerprint density at radius 2 is 1.78 bits per heavy atom. The van der Waals surface area contributed by atoms with Gasteiger partial charge in [-0.1, -0.05) is 6.92 Å². The van der Waals surface area contributed by atoms with Crippen molar-refractivity contribution in [3.05, 3.63) is 0 Å². The Labute approximate surface area is 55.6 Å². The van der Waals surface area contributed by atoms with Gasteiger partial charge >= 0.3 is 0 Å². The van der Waals surface area contributed by atoms with E-state index in [9.17, 15) is 0 Å². The van der Waals surface area contributed by atoms with Gasteiger partial charge in [0.1, 0.15) is 0 Å². The summed E-state index contributed by atoms with van der Waals surface area (Å²) in [7, 11) is 0. The molecule has 0 fully saturated rings. The van der Waals surface area contributed by atoms with Crippen LogP contribution in [0.4, 0.5) is 0 Å². The summed E-state index contributed by atoms with van der Waals surface area (Å²) in [5.41, 5.74) is 20.9. The van der Waals surface area contributed by atoms with E-state index >= 15 is 0 Å². The highest BCUT2D eigenvalue weighted by molar-refractivity contribution is 4.77. The summed E-state index contributed by atoms with van der Waals surface area (Å²) in [6.07, 6.45) is 0.751. The summed E-state index contributed by atoms with van der Waals surface area (Å²) < 4.78 is 0. The van der Waals surface area contributed by atoms with Gasteiger partial charge in [0.15, 0.2) is 0 Å². The number of nitrogens with two attached hydrogens (primary N) is 4. The Hall–Kier alpha value is -0.160. The highest BCUT2D eigenvalue weighted by atomic mass is 15.0. The fourth-order valence-corrected chi connectivity index (χ4v) is 0.583. The first-order valence-electron chi connectivity index (χ1n) is 3.07. The molecule has 0 saturated carbocycles. The molecule has 0 radical (unpaired) electrons. The number of hydrogen-bond acceptors (Lipinski definition) is 4. The average molecular weight is 132 g/mol. The Morgan fingerprint density at radius 1 is 1.33 bits per heavy atom. The second-order valence-corrected chi connectivity index (χ2v) is 2.45. The zero-order valence-electron chi connectivity index (χ0n) is 5.80. The molecule has 0 aliphatic rings. The van der Waals surface area contributed by atoms with E-state index in [4.69, 9.17) is 22.9 Å². The molecule has 0 unspecified atom stereocenters. The minimum absolute atomic E-state index is 0.403. The fraction of sp³-hybridized carbons (Fsp3) is 1.00. The minimum Gasteiger partial charge on any atom is -0.316 e. The van der Waals surface area contributed by atoms with Crippen molar-refractivity contribution in [3.8, 4) is 0 Å². The van der Waals surface area contributed by atoms with Gasteiger partial charge in [0.25, 0.3) is 0 Å². The second-order valence-electron chi connectivity index (χ2n) is 2.45. The molecule has 0 aromatic carbocycles. The first-order valence-corrected chi connectivity index (χ1v) is 3.07. The van der Waals surface area contributed by atoms with Crippen LogP contribution in [0.5, 0.6) is 0 Å². The van der Waals surface area contributed by atoms with Gasteiger partial charge in [-0.15, -0.1) is 0 Å². The summed E-state index contributed by atoms with van der Waals surface area (Å²) in [6, 6.07) is 0. The Balaban J connectivity index is 3.58. The molecule has 0 rings (SSSR count). The van der Waals surface area contributed by atoms with Gasteiger partial charge in [0.05, 0.1) is 11.8 Å². The molecule has 0 heterocycles. The normalized spacial score (nSPS) is 12.7. The smallest absolute Gasteiger partial charge is 0.0661 e. The predicted molar refractivity (Wildman–Crippen MR) is 38.2 cm³/mol. The van der Waals surface area contributed by atoms with Crippen molar-refractivity contribution in [2.45, 2.75) is 31.6 Å². The van der Waals surface area contributed by atoms with E-state index in [0.717, 1.165) is 0 Å². The van der Waals surface area contributed by atoms with Crippen LogP contribution in [0.25, 0.3) is 0 Å². The van der Waals surface area contributed by atoms with Gasteiger partial charge < -0.3 is 22.9 Å². The van der Waals surface area contributed by atoms with Crippen molar-refractivity contribution in [2.75, 3.05) is 0 Å². The molecule has 0 bridgehead atoms. The summed E-state index contributed by atoms with van der Waals surface area (Å²) in [4.78, 5) is 0. The highest BCUT2D eigenvalue weighted by Crippen LogP contribution is 2.02. The van der Waals surface area contributed by atoms with Crippen LogP contribution >= 0.6 is 0 Å². The SMILES string of the molecule is CCC(N)(N)CC(N)N. The zero-order valence-corrected chi connectivity index (χ0v) is 5.80. The molecule has 0 amide bonds. The van der Waals surface area contributed by atoms with Crippen molar-refractivity contribution >= 4 is 0 Å². The van der Waals surface area contributed by atoms with Crippen LogP contribution in [0.1, 0.15) is 19.8 Å². The van der Waals surface area contributed by atoms with Crippen molar-refractivity contribution < 1.29 is 0 Å². The number of hydrogen-bond donors (Lipinski definition) is 4. The summed E-state index contributed by atoms with van der Waals surface area (Å²) in [6.45, 7) is 1.91. The molecule has 4 nitrogen and oxygen atoms in total. The standard InChI is InChI=1S/C5H16N4/c1-2-5(8,9)3-4(6)7/h4H,2-3,6-9H2,1H3. The third kappa shape index (κ3) is 4.35. The van der Waals surface area contributed by atoms with Crippen LogP contribution < -0.4 is 22.9 Å². The van der Waals surface area contributed by atoms with E-state index in [0.29, 0.717) is 12.8 Å². The lowest BCUT2D eigenvalue weighted by Crippen LogP contribution is -2.54. The third-order valence-electron chi connectivity index (χ3n) is 1.27. The van der Waals surface area contributed by atoms with E-state index in [-0.39, 0.29) is 0 Å². The molecule has 0 atom stereocenters. The quantitative estimate of drug-likeness (QED) is 0.356. The van der Waals surface area contributed by atoms with Crippen molar-refractivity contribution in [1.29, 1.82) is 0 Å².